The van der Waals surface area contributed by atoms with Crippen LogP contribution in [0.4, 0.5) is 0 Å². The molecule has 35 heavy (non-hydrogen) atoms. The topological polar surface area (TPSA) is 146 Å². The van der Waals surface area contributed by atoms with E-state index >= 15 is 0 Å². The van der Waals surface area contributed by atoms with Gasteiger partial charge in [-0.15, -0.1) is 0 Å². The molecule has 0 aliphatic rings. The van der Waals surface area contributed by atoms with Crippen LogP contribution in [0, 0.1) is 0 Å². The molecule has 0 aliphatic carbocycles. The molecule has 0 bridgehead atoms. The summed E-state index contributed by atoms with van der Waals surface area (Å²) in [4.78, 5) is 36.3. The van der Waals surface area contributed by atoms with Crippen molar-refractivity contribution in [1.82, 2.24) is 9.80 Å². The highest BCUT2D eigenvalue weighted by Gasteiger charge is 2.19. The van der Waals surface area contributed by atoms with Gasteiger partial charge in [0.15, 0.2) is 11.5 Å². The van der Waals surface area contributed by atoms with Gasteiger partial charge in [-0.2, -0.15) is 0 Å². The van der Waals surface area contributed by atoms with E-state index in [1.165, 1.54) is 32.0 Å². The van der Waals surface area contributed by atoms with Gasteiger partial charge in [0.05, 0.1) is 40.5 Å². The number of ether oxygens (including phenoxy) is 3. The fraction of sp³-hybridized carbons (Fsp3) is 0.625. The first-order valence-corrected chi connectivity index (χ1v) is 11.7. The van der Waals surface area contributed by atoms with E-state index in [9.17, 15) is 19.5 Å². The minimum Gasteiger partial charge on any atom is -0.493 e. The first-order valence-electron chi connectivity index (χ1n) is 11.7. The number of aliphatic carboxylic acids is 3. The van der Waals surface area contributed by atoms with Gasteiger partial charge in [-0.1, -0.05) is 32.6 Å². The number of carbonyl (C=O) groups is 3. The molecule has 0 amide bonds. The fourth-order valence-electron chi connectivity index (χ4n) is 3.59. The molecular formula is C24H38N2O9. The van der Waals surface area contributed by atoms with Crippen LogP contribution < -0.4 is 14.2 Å². The highest BCUT2D eigenvalue weighted by atomic mass is 16.5. The van der Waals surface area contributed by atoms with Gasteiger partial charge < -0.3 is 29.5 Å². The van der Waals surface area contributed by atoms with Gasteiger partial charge in [-0.05, 0) is 24.1 Å². The lowest BCUT2D eigenvalue weighted by molar-refractivity contribution is -0.143. The second-order valence-electron chi connectivity index (χ2n) is 8.19. The van der Waals surface area contributed by atoms with Crippen molar-refractivity contribution in [1.29, 1.82) is 0 Å². The Hall–Kier alpha value is -3.05. The number of hydrogen-bond donors (Lipinski definition) is 3. The molecule has 1 aromatic carbocycles. The zero-order valence-electron chi connectivity index (χ0n) is 20.8. The molecule has 1 rings (SSSR count). The predicted octanol–water partition coefficient (Wildman–Crippen LogP) is 2.41. The Bertz CT molecular complexity index is 775. The third kappa shape index (κ3) is 12.3. The minimum absolute atomic E-state index is 0.0688. The van der Waals surface area contributed by atoms with Crippen LogP contribution in [0.3, 0.4) is 0 Å². The number of carboxylic acid groups (broad SMARTS) is 3. The minimum atomic E-state index is -1.16. The lowest BCUT2D eigenvalue weighted by atomic mass is 10.1. The summed E-state index contributed by atoms with van der Waals surface area (Å²) in [5.74, 6) is -1.98. The van der Waals surface area contributed by atoms with Gasteiger partial charge in [0.1, 0.15) is 0 Å². The average Bonchev–Trinajstić information content (AvgIpc) is 2.78. The molecule has 0 radical (unpaired) electrons. The number of unbranched alkanes of at least 4 members (excludes halogenated alkanes) is 4. The molecular weight excluding hydrogens is 460 g/mol. The molecule has 198 valence electrons. The van der Waals surface area contributed by atoms with E-state index in [-0.39, 0.29) is 26.2 Å². The molecule has 0 unspecified atom stereocenters. The number of rotatable bonds is 20. The maximum absolute atomic E-state index is 11.4. The van der Waals surface area contributed by atoms with Crippen LogP contribution >= 0.6 is 0 Å². The summed E-state index contributed by atoms with van der Waals surface area (Å²) in [5.41, 5.74) is 0.707. The fourth-order valence-corrected chi connectivity index (χ4v) is 3.59. The smallest absolute Gasteiger partial charge is 0.317 e. The van der Waals surface area contributed by atoms with Crippen molar-refractivity contribution in [3.63, 3.8) is 0 Å². The summed E-state index contributed by atoms with van der Waals surface area (Å²) in [7, 11) is 3.02. The SMILES string of the molecule is CCCCCCCOc1c(OC)cc(CN(CCN(CC(=O)O)CC(=O)O)CC(=O)O)cc1OC. The Morgan fingerprint density at radius 3 is 1.74 bits per heavy atom. The molecule has 11 heteroatoms. The Balaban J connectivity index is 2.95. The maximum atomic E-state index is 11.4. The summed E-state index contributed by atoms with van der Waals surface area (Å²) in [5, 5.41) is 27.4. The number of hydrogen-bond acceptors (Lipinski definition) is 8. The standard InChI is InChI=1S/C24H38N2O9/c1-4-5-6-7-8-11-35-24-19(33-2)12-18(13-20(24)34-3)14-25(15-21(27)28)9-10-26(16-22(29)30)17-23(31)32/h12-13H,4-11,14-17H2,1-3H3,(H,27,28)(H,29,30)(H,31,32). The zero-order valence-corrected chi connectivity index (χ0v) is 20.8. The Kier molecular flexibility index (Phi) is 14.2. The van der Waals surface area contributed by atoms with Gasteiger partial charge in [-0.25, -0.2) is 0 Å². The summed E-state index contributed by atoms with van der Waals surface area (Å²) < 4.78 is 16.9. The molecule has 3 N–H and O–H groups in total. The molecule has 0 heterocycles. The van der Waals surface area contributed by atoms with Gasteiger partial charge in [0, 0.05) is 19.6 Å². The molecule has 0 aromatic heterocycles. The van der Waals surface area contributed by atoms with Crippen LogP contribution in [0.15, 0.2) is 12.1 Å². The quantitative estimate of drug-likeness (QED) is 0.228. The molecule has 0 fully saturated rings. The van der Waals surface area contributed by atoms with Gasteiger partial charge in [0.2, 0.25) is 5.75 Å². The van der Waals surface area contributed by atoms with Gasteiger partial charge in [-0.3, -0.25) is 24.2 Å². The highest BCUT2D eigenvalue weighted by Crippen LogP contribution is 2.39. The normalized spacial score (nSPS) is 11.0. The van der Waals surface area contributed by atoms with Crippen LogP contribution in [-0.4, -0.2) is 96.6 Å². The van der Waals surface area contributed by atoms with E-state index in [1.807, 2.05) is 0 Å². The monoisotopic (exact) mass is 498 g/mol. The van der Waals surface area contributed by atoms with Crippen molar-refractivity contribution in [2.24, 2.45) is 0 Å². The van der Waals surface area contributed by atoms with Crippen molar-refractivity contribution in [3.05, 3.63) is 17.7 Å². The third-order valence-corrected chi connectivity index (χ3v) is 5.23. The van der Waals surface area contributed by atoms with Crippen molar-refractivity contribution < 1.29 is 43.9 Å². The number of methoxy groups -OCH3 is 2. The molecule has 0 saturated carbocycles. The highest BCUT2D eigenvalue weighted by molar-refractivity contribution is 5.72. The lowest BCUT2D eigenvalue weighted by Crippen LogP contribution is -2.41. The summed E-state index contributed by atoms with van der Waals surface area (Å²) in [6.07, 6.45) is 5.49. The summed E-state index contributed by atoms with van der Waals surface area (Å²) in [6.45, 7) is 1.86. The predicted molar refractivity (Wildman–Crippen MR) is 128 cm³/mol. The Morgan fingerprint density at radius 2 is 1.26 bits per heavy atom. The van der Waals surface area contributed by atoms with E-state index in [0.717, 1.165) is 19.3 Å². The molecule has 0 aliphatic heterocycles. The van der Waals surface area contributed by atoms with Crippen molar-refractivity contribution >= 4 is 17.9 Å². The first kappa shape index (κ1) is 30.0. The average molecular weight is 499 g/mol. The van der Waals surface area contributed by atoms with Crippen molar-refractivity contribution in [2.75, 3.05) is 53.6 Å². The van der Waals surface area contributed by atoms with Crippen molar-refractivity contribution in [2.45, 2.75) is 45.6 Å². The van der Waals surface area contributed by atoms with Crippen LogP contribution in [0.2, 0.25) is 0 Å². The second-order valence-corrected chi connectivity index (χ2v) is 8.19. The van der Waals surface area contributed by atoms with Crippen LogP contribution in [0.5, 0.6) is 17.2 Å². The molecule has 1 aromatic rings. The number of nitrogens with zero attached hydrogens (tertiary/aromatic N) is 2. The third-order valence-electron chi connectivity index (χ3n) is 5.23. The van der Waals surface area contributed by atoms with E-state index in [2.05, 4.69) is 6.92 Å². The maximum Gasteiger partial charge on any atom is 0.317 e. The second kappa shape index (κ2) is 16.6. The van der Waals surface area contributed by atoms with E-state index < -0.39 is 31.0 Å². The molecule has 0 atom stereocenters. The first-order chi connectivity index (χ1) is 16.7. The van der Waals surface area contributed by atoms with Gasteiger partial charge >= 0.3 is 17.9 Å². The zero-order chi connectivity index (χ0) is 26.2. The van der Waals surface area contributed by atoms with Crippen molar-refractivity contribution in [3.8, 4) is 17.2 Å². The van der Waals surface area contributed by atoms with E-state index in [4.69, 9.17) is 24.4 Å². The van der Waals surface area contributed by atoms with Crippen LogP contribution in [-0.2, 0) is 20.9 Å². The largest absolute Gasteiger partial charge is 0.493 e. The van der Waals surface area contributed by atoms with Gasteiger partial charge in [0.25, 0.3) is 0 Å². The number of benzene rings is 1. The van der Waals surface area contributed by atoms with E-state index in [1.54, 1.807) is 17.0 Å². The number of carboxylic acids is 3. The summed E-state index contributed by atoms with van der Waals surface area (Å²) >= 11 is 0. The lowest BCUT2D eigenvalue weighted by Gasteiger charge is -2.25. The van der Waals surface area contributed by atoms with Crippen LogP contribution in [0.25, 0.3) is 0 Å². The Morgan fingerprint density at radius 1 is 0.771 bits per heavy atom. The van der Waals surface area contributed by atoms with E-state index in [0.29, 0.717) is 29.4 Å². The Labute approximate surface area is 206 Å². The summed E-state index contributed by atoms with van der Waals surface area (Å²) in [6, 6.07) is 3.49. The molecule has 0 saturated heterocycles. The molecule has 11 nitrogen and oxygen atoms in total. The molecule has 0 spiro atoms. The van der Waals surface area contributed by atoms with Crippen LogP contribution in [0.1, 0.15) is 44.6 Å².